The van der Waals surface area contributed by atoms with E-state index in [-0.39, 0.29) is 6.04 Å². The first-order valence-electron chi connectivity index (χ1n) is 5.39. The van der Waals surface area contributed by atoms with Crippen molar-refractivity contribution in [3.63, 3.8) is 0 Å². The minimum Gasteiger partial charge on any atom is -0.383 e. The minimum absolute atomic E-state index is 0.173. The molecular weight excluding hydrogens is 256 g/mol. The summed E-state index contributed by atoms with van der Waals surface area (Å²) in [4.78, 5) is 23.1. The standard InChI is InChI=1S/C12H15ClN2O3/c1-8(7-18-2)14-12(17)15-11(16)9-3-5-10(13)6-4-9/h3-6,8H,7H2,1-2H3,(H2,14,15,16,17)/t8-/m1/s1. The Balaban J connectivity index is 2.49. The van der Waals surface area contributed by atoms with Gasteiger partial charge in [-0.05, 0) is 31.2 Å². The highest BCUT2D eigenvalue weighted by Crippen LogP contribution is 2.09. The maximum absolute atomic E-state index is 11.7. The van der Waals surface area contributed by atoms with Crippen molar-refractivity contribution in [3.8, 4) is 0 Å². The van der Waals surface area contributed by atoms with E-state index in [1.54, 1.807) is 31.2 Å². The van der Waals surface area contributed by atoms with Gasteiger partial charge in [-0.3, -0.25) is 10.1 Å². The molecule has 0 aliphatic rings. The summed E-state index contributed by atoms with van der Waals surface area (Å²) in [7, 11) is 1.54. The molecular formula is C12H15ClN2O3. The average molecular weight is 271 g/mol. The lowest BCUT2D eigenvalue weighted by Crippen LogP contribution is -2.44. The second-order valence-electron chi connectivity index (χ2n) is 3.79. The van der Waals surface area contributed by atoms with E-state index >= 15 is 0 Å². The monoisotopic (exact) mass is 270 g/mol. The van der Waals surface area contributed by atoms with Gasteiger partial charge in [0.05, 0.1) is 12.6 Å². The van der Waals surface area contributed by atoms with E-state index in [2.05, 4.69) is 10.6 Å². The normalized spacial score (nSPS) is 11.7. The molecule has 0 aliphatic heterocycles. The topological polar surface area (TPSA) is 67.4 Å². The third kappa shape index (κ3) is 4.73. The molecule has 1 aromatic rings. The fourth-order valence-corrected chi connectivity index (χ4v) is 1.45. The van der Waals surface area contributed by atoms with Crippen molar-refractivity contribution < 1.29 is 14.3 Å². The smallest absolute Gasteiger partial charge is 0.321 e. The molecule has 1 rings (SSSR count). The lowest BCUT2D eigenvalue weighted by molar-refractivity contribution is 0.0961. The van der Waals surface area contributed by atoms with Crippen molar-refractivity contribution in [2.45, 2.75) is 13.0 Å². The summed E-state index contributed by atoms with van der Waals surface area (Å²) < 4.78 is 4.87. The van der Waals surface area contributed by atoms with Crippen molar-refractivity contribution in [1.82, 2.24) is 10.6 Å². The Hall–Kier alpha value is -1.59. The zero-order chi connectivity index (χ0) is 13.5. The molecule has 0 saturated heterocycles. The zero-order valence-electron chi connectivity index (χ0n) is 10.2. The quantitative estimate of drug-likeness (QED) is 0.877. The Kier molecular flexibility index (Phi) is 5.61. The number of hydrogen-bond donors (Lipinski definition) is 2. The molecule has 0 fully saturated rings. The molecule has 0 aromatic heterocycles. The van der Waals surface area contributed by atoms with Crippen LogP contribution in [0.5, 0.6) is 0 Å². The van der Waals surface area contributed by atoms with Crippen LogP contribution in [0.1, 0.15) is 17.3 Å². The summed E-state index contributed by atoms with van der Waals surface area (Å²) in [5.74, 6) is -0.478. The minimum atomic E-state index is -0.556. The summed E-state index contributed by atoms with van der Waals surface area (Å²) in [6, 6.07) is 5.53. The molecule has 0 radical (unpaired) electrons. The molecule has 0 aliphatic carbocycles. The highest BCUT2D eigenvalue weighted by Gasteiger charge is 2.12. The first-order chi connectivity index (χ1) is 8.52. The molecule has 2 N–H and O–H groups in total. The lowest BCUT2D eigenvalue weighted by atomic mass is 10.2. The van der Waals surface area contributed by atoms with E-state index in [4.69, 9.17) is 16.3 Å². The van der Waals surface area contributed by atoms with Gasteiger partial charge in [0.2, 0.25) is 0 Å². The van der Waals surface area contributed by atoms with Crippen molar-refractivity contribution in [2.75, 3.05) is 13.7 Å². The summed E-state index contributed by atoms with van der Waals surface area (Å²) >= 11 is 5.70. The van der Waals surface area contributed by atoms with Gasteiger partial charge in [-0.2, -0.15) is 0 Å². The van der Waals surface area contributed by atoms with Crippen molar-refractivity contribution >= 4 is 23.5 Å². The van der Waals surface area contributed by atoms with Gasteiger partial charge in [0, 0.05) is 17.7 Å². The molecule has 5 nitrogen and oxygen atoms in total. The fourth-order valence-electron chi connectivity index (χ4n) is 1.33. The van der Waals surface area contributed by atoms with Crippen LogP contribution >= 0.6 is 11.6 Å². The summed E-state index contributed by atoms with van der Waals surface area (Å²) in [6.07, 6.45) is 0. The van der Waals surface area contributed by atoms with Gasteiger partial charge < -0.3 is 10.1 Å². The maximum Gasteiger partial charge on any atom is 0.321 e. The van der Waals surface area contributed by atoms with Crippen LogP contribution < -0.4 is 10.6 Å². The number of urea groups is 1. The first kappa shape index (κ1) is 14.5. The van der Waals surface area contributed by atoms with E-state index in [1.807, 2.05) is 0 Å². The van der Waals surface area contributed by atoms with Gasteiger partial charge in [0.25, 0.3) is 5.91 Å². The van der Waals surface area contributed by atoms with E-state index in [0.29, 0.717) is 17.2 Å². The molecule has 3 amide bonds. The number of halogens is 1. The van der Waals surface area contributed by atoms with Crippen molar-refractivity contribution in [3.05, 3.63) is 34.9 Å². The highest BCUT2D eigenvalue weighted by molar-refractivity contribution is 6.30. The molecule has 0 bridgehead atoms. The highest BCUT2D eigenvalue weighted by atomic mass is 35.5. The van der Waals surface area contributed by atoms with Gasteiger partial charge in [-0.1, -0.05) is 11.6 Å². The third-order valence-electron chi connectivity index (χ3n) is 2.13. The predicted molar refractivity (Wildman–Crippen MR) is 68.8 cm³/mol. The number of ether oxygens (including phenoxy) is 1. The van der Waals surface area contributed by atoms with Crippen LogP contribution in [-0.4, -0.2) is 31.7 Å². The van der Waals surface area contributed by atoms with E-state index in [1.165, 1.54) is 7.11 Å². The molecule has 0 saturated carbocycles. The van der Waals surface area contributed by atoms with Crippen LogP contribution in [-0.2, 0) is 4.74 Å². The van der Waals surface area contributed by atoms with Crippen molar-refractivity contribution in [1.29, 1.82) is 0 Å². The number of nitrogens with one attached hydrogen (secondary N) is 2. The van der Waals surface area contributed by atoms with Gasteiger partial charge >= 0.3 is 6.03 Å². The second-order valence-corrected chi connectivity index (χ2v) is 4.23. The summed E-state index contributed by atoms with van der Waals surface area (Å²) in [6.45, 7) is 2.15. The number of imide groups is 1. The number of benzene rings is 1. The SMILES string of the molecule is COC[C@@H](C)NC(=O)NC(=O)c1ccc(Cl)cc1. The number of methoxy groups -OCH3 is 1. The number of amides is 3. The largest absolute Gasteiger partial charge is 0.383 e. The maximum atomic E-state index is 11.7. The van der Waals surface area contributed by atoms with Gasteiger partial charge in [-0.15, -0.1) is 0 Å². The molecule has 0 spiro atoms. The number of hydrogen-bond acceptors (Lipinski definition) is 3. The van der Waals surface area contributed by atoms with Crippen LogP contribution in [0.25, 0.3) is 0 Å². The fraction of sp³-hybridized carbons (Fsp3) is 0.333. The van der Waals surface area contributed by atoms with Crippen LogP contribution in [0.4, 0.5) is 4.79 Å². The number of carbonyl (C=O) groups is 2. The van der Waals surface area contributed by atoms with Crippen LogP contribution in [0.2, 0.25) is 5.02 Å². The number of rotatable bonds is 4. The molecule has 1 aromatic carbocycles. The Morgan fingerprint density at radius 1 is 1.33 bits per heavy atom. The van der Waals surface area contributed by atoms with E-state index in [0.717, 1.165) is 0 Å². The van der Waals surface area contributed by atoms with E-state index < -0.39 is 11.9 Å². The van der Waals surface area contributed by atoms with E-state index in [9.17, 15) is 9.59 Å². The Bertz CT molecular complexity index is 420. The van der Waals surface area contributed by atoms with Crippen LogP contribution in [0.3, 0.4) is 0 Å². The molecule has 0 unspecified atom stereocenters. The average Bonchev–Trinajstić information content (AvgIpc) is 2.29. The zero-order valence-corrected chi connectivity index (χ0v) is 11.0. The van der Waals surface area contributed by atoms with Crippen LogP contribution in [0, 0.1) is 0 Å². The molecule has 18 heavy (non-hydrogen) atoms. The molecule has 0 heterocycles. The van der Waals surface area contributed by atoms with Crippen LogP contribution in [0.15, 0.2) is 24.3 Å². The third-order valence-corrected chi connectivity index (χ3v) is 2.38. The first-order valence-corrected chi connectivity index (χ1v) is 5.77. The molecule has 1 atom stereocenters. The van der Waals surface area contributed by atoms with Gasteiger partial charge in [0.1, 0.15) is 0 Å². The number of carbonyl (C=O) groups excluding carboxylic acids is 2. The van der Waals surface area contributed by atoms with Gasteiger partial charge in [-0.25, -0.2) is 4.79 Å². The Labute approximate surface area is 110 Å². The Morgan fingerprint density at radius 3 is 2.50 bits per heavy atom. The summed E-state index contributed by atoms with van der Waals surface area (Å²) in [5, 5.41) is 5.32. The van der Waals surface area contributed by atoms with Crippen molar-refractivity contribution in [2.24, 2.45) is 0 Å². The van der Waals surface area contributed by atoms with Gasteiger partial charge in [0.15, 0.2) is 0 Å². The predicted octanol–water partition coefficient (Wildman–Crippen LogP) is 1.81. The molecule has 6 heteroatoms. The Morgan fingerprint density at radius 2 is 1.94 bits per heavy atom. The molecule has 98 valence electrons. The summed E-state index contributed by atoms with van der Waals surface area (Å²) in [5.41, 5.74) is 0.369. The lowest BCUT2D eigenvalue weighted by Gasteiger charge is -2.12. The second kappa shape index (κ2) is 6.98.